The number of carbonyl (C=O) groups is 1. The quantitative estimate of drug-likeness (QED) is 0.710. The van der Waals surface area contributed by atoms with Gasteiger partial charge < -0.3 is 4.90 Å². The Morgan fingerprint density at radius 1 is 1.24 bits per heavy atom. The second-order valence-corrected chi connectivity index (χ2v) is 4.11. The predicted octanol–water partition coefficient (Wildman–Crippen LogP) is 3.12. The van der Waals surface area contributed by atoms with Crippen molar-refractivity contribution in [1.82, 2.24) is 4.90 Å². The van der Waals surface area contributed by atoms with E-state index in [1.807, 2.05) is 32.0 Å². The first-order chi connectivity index (χ1) is 8.10. The molecule has 0 aliphatic heterocycles. The number of benzene rings is 1. The van der Waals surface area contributed by atoms with Gasteiger partial charge in [-0.05, 0) is 25.5 Å². The Kier molecular flexibility index (Phi) is 4.70. The van der Waals surface area contributed by atoms with Gasteiger partial charge in [-0.3, -0.25) is 4.79 Å². The lowest BCUT2D eigenvalue weighted by Gasteiger charge is -2.20. The van der Waals surface area contributed by atoms with E-state index in [0.717, 1.165) is 16.7 Å². The van der Waals surface area contributed by atoms with Crippen LogP contribution in [0, 0.1) is 13.8 Å². The fourth-order valence-electron chi connectivity index (χ4n) is 1.78. The summed E-state index contributed by atoms with van der Waals surface area (Å²) in [6.45, 7) is 12.4. The molecule has 0 saturated carbocycles. The van der Waals surface area contributed by atoms with Gasteiger partial charge in [0.25, 0.3) is 5.91 Å². The minimum atomic E-state index is 0.0299. The van der Waals surface area contributed by atoms with Gasteiger partial charge in [-0.25, -0.2) is 0 Å². The Labute approximate surface area is 103 Å². The molecule has 1 aromatic carbocycles. The van der Waals surface area contributed by atoms with Crippen LogP contribution in [0.25, 0.3) is 0 Å². The molecule has 0 aliphatic carbocycles. The maximum Gasteiger partial charge on any atom is 0.254 e. The second-order valence-electron chi connectivity index (χ2n) is 4.11. The van der Waals surface area contributed by atoms with Crippen LogP contribution >= 0.6 is 0 Å². The monoisotopic (exact) mass is 229 g/mol. The van der Waals surface area contributed by atoms with Gasteiger partial charge in [-0.2, -0.15) is 0 Å². The average molecular weight is 229 g/mol. The van der Waals surface area contributed by atoms with Crippen LogP contribution in [-0.2, 0) is 0 Å². The largest absolute Gasteiger partial charge is 0.331 e. The number of carbonyl (C=O) groups excluding carboxylic acids is 1. The summed E-state index contributed by atoms with van der Waals surface area (Å²) in [7, 11) is 0. The molecule has 90 valence electrons. The second kappa shape index (κ2) is 6.04. The first-order valence-corrected chi connectivity index (χ1v) is 5.68. The molecule has 0 bridgehead atoms. The van der Waals surface area contributed by atoms with Crippen LogP contribution in [0.2, 0.25) is 0 Å². The molecule has 1 aromatic rings. The molecule has 1 amide bonds. The molecule has 0 heterocycles. The van der Waals surface area contributed by atoms with Crippen molar-refractivity contribution in [2.75, 3.05) is 13.1 Å². The Morgan fingerprint density at radius 3 is 2.29 bits per heavy atom. The molecule has 0 radical (unpaired) electrons. The van der Waals surface area contributed by atoms with Crippen molar-refractivity contribution < 1.29 is 4.79 Å². The number of nitrogens with zero attached hydrogens (tertiary/aromatic N) is 1. The van der Waals surface area contributed by atoms with E-state index < -0.39 is 0 Å². The van der Waals surface area contributed by atoms with Gasteiger partial charge in [0.15, 0.2) is 0 Å². The molecule has 2 heteroatoms. The molecule has 2 nitrogen and oxygen atoms in total. The van der Waals surface area contributed by atoms with E-state index in [0.29, 0.717) is 13.1 Å². The highest BCUT2D eigenvalue weighted by Gasteiger charge is 2.15. The molecule has 17 heavy (non-hydrogen) atoms. The summed E-state index contributed by atoms with van der Waals surface area (Å²) in [5, 5.41) is 0. The van der Waals surface area contributed by atoms with Crippen LogP contribution in [0.5, 0.6) is 0 Å². The van der Waals surface area contributed by atoms with E-state index in [4.69, 9.17) is 0 Å². The standard InChI is InChI=1S/C15H19NO/c1-5-9-16(10-6-2)15(17)14-8-7-12(3)11-13(14)4/h5-8,11H,1-2,9-10H2,3-4H3. The van der Waals surface area contributed by atoms with E-state index >= 15 is 0 Å². The molecule has 0 saturated heterocycles. The fraction of sp³-hybridized carbons (Fsp3) is 0.267. The van der Waals surface area contributed by atoms with Gasteiger partial charge >= 0.3 is 0 Å². The third kappa shape index (κ3) is 3.31. The first kappa shape index (κ1) is 13.2. The number of aryl methyl sites for hydroxylation is 2. The van der Waals surface area contributed by atoms with Crippen LogP contribution < -0.4 is 0 Å². The van der Waals surface area contributed by atoms with Gasteiger partial charge in [-0.15, -0.1) is 13.2 Å². The Balaban J connectivity index is 2.99. The van der Waals surface area contributed by atoms with Crippen molar-refractivity contribution in [1.29, 1.82) is 0 Å². The van der Waals surface area contributed by atoms with Crippen LogP contribution in [0.3, 0.4) is 0 Å². The van der Waals surface area contributed by atoms with Crippen molar-refractivity contribution in [2.24, 2.45) is 0 Å². The van der Waals surface area contributed by atoms with Crippen LogP contribution in [0.1, 0.15) is 21.5 Å². The van der Waals surface area contributed by atoms with E-state index in [9.17, 15) is 4.79 Å². The lowest BCUT2D eigenvalue weighted by molar-refractivity contribution is 0.0790. The third-order valence-electron chi connectivity index (χ3n) is 2.60. The van der Waals surface area contributed by atoms with Crippen LogP contribution in [0.15, 0.2) is 43.5 Å². The normalized spacial score (nSPS) is 9.76. The first-order valence-electron chi connectivity index (χ1n) is 5.68. The topological polar surface area (TPSA) is 20.3 Å². The molecule has 0 N–H and O–H groups in total. The molecule has 0 fully saturated rings. The zero-order valence-electron chi connectivity index (χ0n) is 10.6. The summed E-state index contributed by atoms with van der Waals surface area (Å²) < 4.78 is 0. The summed E-state index contributed by atoms with van der Waals surface area (Å²) in [6, 6.07) is 5.86. The lowest BCUT2D eigenvalue weighted by atomic mass is 10.0. The fourth-order valence-corrected chi connectivity index (χ4v) is 1.78. The molecule has 0 aromatic heterocycles. The molecule has 0 spiro atoms. The van der Waals surface area contributed by atoms with Crippen molar-refractivity contribution in [3.8, 4) is 0 Å². The number of hydrogen-bond acceptors (Lipinski definition) is 1. The maximum atomic E-state index is 12.3. The molecular weight excluding hydrogens is 210 g/mol. The summed E-state index contributed by atoms with van der Waals surface area (Å²) in [6.07, 6.45) is 3.45. The average Bonchev–Trinajstić information content (AvgIpc) is 2.28. The molecular formula is C15H19NO. The highest BCUT2D eigenvalue weighted by Crippen LogP contribution is 2.13. The Morgan fingerprint density at radius 2 is 1.82 bits per heavy atom. The minimum Gasteiger partial charge on any atom is -0.331 e. The highest BCUT2D eigenvalue weighted by atomic mass is 16.2. The molecule has 0 atom stereocenters. The van der Waals surface area contributed by atoms with Gasteiger partial charge in [0.2, 0.25) is 0 Å². The van der Waals surface area contributed by atoms with Crippen molar-refractivity contribution in [3.63, 3.8) is 0 Å². The summed E-state index contributed by atoms with van der Waals surface area (Å²) >= 11 is 0. The number of hydrogen-bond donors (Lipinski definition) is 0. The Bertz CT molecular complexity index is 425. The van der Waals surface area contributed by atoms with Gasteiger partial charge in [0, 0.05) is 18.7 Å². The van der Waals surface area contributed by atoms with Crippen molar-refractivity contribution in [2.45, 2.75) is 13.8 Å². The summed E-state index contributed by atoms with van der Waals surface area (Å²) in [4.78, 5) is 14.0. The summed E-state index contributed by atoms with van der Waals surface area (Å²) in [5.41, 5.74) is 2.92. The summed E-state index contributed by atoms with van der Waals surface area (Å²) in [5.74, 6) is 0.0299. The highest BCUT2D eigenvalue weighted by molar-refractivity contribution is 5.95. The molecule has 1 rings (SSSR count). The van der Waals surface area contributed by atoms with Gasteiger partial charge in [0.05, 0.1) is 0 Å². The van der Waals surface area contributed by atoms with E-state index in [-0.39, 0.29) is 5.91 Å². The molecule has 0 aliphatic rings. The number of rotatable bonds is 5. The van der Waals surface area contributed by atoms with E-state index in [1.165, 1.54) is 0 Å². The van der Waals surface area contributed by atoms with Crippen LogP contribution in [0.4, 0.5) is 0 Å². The SMILES string of the molecule is C=CCN(CC=C)C(=O)c1ccc(C)cc1C. The van der Waals surface area contributed by atoms with Gasteiger partial charge in [-0.1, -0.05) is 29.8 Å². The zero-order chi connectivity index (χ0) is 12.8. The third-order valence-corrected chi connectivity index (χ3v) is 2.60. The lowest BCUT2D eigenvalue weighted by Crippen LogP contribution is -2.31. The van der Waals surface area contributed by atoms with E-state index in [2.05, 4.69) is 13.2 Å². The van der Waals surface area contributed by atoms with Crippen molar-refractivity contribution in [3.05, 3.63) is 60.2 Å². The van der Waals surface area contributed by atoms with Crippen LogP contribution in [-0.4, -0.2) is 23.9 Å². The maximum absolute atomic E-state index is 12.3. The number of amides is 1. The zero-order valence-corrected chi connectivity index (χ0v) is 10.6. The predicted molar refractivity (Wildman–Crippen MR) is 72.2 cm³/mol. The van der Waals surface area contributed by atoms with Gasteiger partial charge in [0.1, 0.15) is 0 Å². The molecule has 0 unspecified atom stereocenters. The van der Waals surface area contributed by atoms with E-state index in [1.54, 1.807) is 17.1 Å². The minimum absolute atomic E-state index is 0.0299. The Hall–Kier alpha value is -1.83. The van der Waals surface area contributed by atoms with Crippen molar-refractivity contribution >= 4 is 5.91 Å². The smallest absolute Gasteiger partial charge is 0.254 e.